The minimum absolute atomic E-state index is 0.129. The Bertz CT molecular complexity index is 959. The second kappa shape index (κ2) is 6.45. The summed E-state index contributed by atoms with van der Waals surface area (Å²) < 4.78 is 16.2. The quantitative estimate of drug-likeness (QED) is 0.799. The average Bonchev–Trinajstić information content (AvgIpc) is 2.61. The van der Waals surface area contributed by atoms with Gasteiger partial charge in [-0.1, -0.05) is 12.1 Å². The van der Waals surface area contributed by atoms with Crippen molar-refractivity contribution < 1.29 is 18.7 Å². The molecular formula is C18H16N2O4. The summed E-state index contributed by atoms with van der Waals surface area (Å²) in [5.41, 5.74) is 6.90. The Morgan fingerprint density at radius 3 is 2.46 bits per heavy atom. The second-order valence-corrected chi connectivity index (χ2v) is 5.02. The van der Waals surface area contributed by atoms with Gasteiger partial charge in [0.15, 0.2) is 11.3 Å². The van der Waals surface area contributed by atoms with Crippen LogP contribution in [0.3, 0.4) is 0 Å². The van der Waals surface area contributed by atoms with Crippen molar-refractivity contribution >= 4 is 22.6 Å². The monoisotopic (exact) mass is 324 g/mol. The van der Waals surface area contributed by atoms with Crippen molar-refractivity contribution in [2.75, 3.05) is 14.2 Å². The van der Waals surface area contributed by atoms with Crippen LogP contribution >= 0.6 is 0 Å². The van der Waals surface area contributed by atoms with Crippen molar-refractivity contribution in [3.05, 3.63) is 59.6 Å². The van der Waals surface area contributed by atoms with E-state index in [2.05, 4.69) is 4.99 Å². The van der Waals surface area contributed by atoms with E-state index in [0.717, 1.165) is 0 Å². The van der Waals surface area contributed by atoms with Crippen LogP contribution in [-0.2, 0) is 0 Å². The largest absolute Gasteiger partial charge is 0.497 e. The van der Waals surface area contributed by atoms with Crippen LogP contribution in [0, 0.1) is 0 Å². The zero-order valence-electron chi connectivity index (χ0n) is 13.3. The number of primary amides is 1. The van der Waals surface area contributed by atoms with E-state index in [9.17, 15) is 4.79 Å². The molecule has 122 valence electrons. The number of carbonyl (C=O) groups is 1. The lowest BCUT2D eigenvalue weighted by Crippen LogP contribution is -2.21. The van der Waals surface area contributed by atoms with Gasteiger partial charge in [-0.2, -0.15) is 0 Å². The van der Waals surface area contributed by atoms with Crippen molar-refractivity contribution in [2.24, 2.45) is 10.7 Å². The van der Waals surface area contributed by atoms with Gasteiger partial charge in [0.2, 0.25) is 5.55 Å². The molecular weight excluding hydrogens is 308 g/mol. The van der Waals surface area contributed by atoms with Crippen LogP contribution in [0.2, 0.25) is 0 Å². The number of benzene rings is 2. The molecule has 0 fully saturated rings. The molecule has 3 rings (SSSR count). The first-order valence-electron chi connectivity index (χ1n) is 7.22. The molecule has 0 aliphatic carbocycles. The van der Waals surface area contributed by atoms with Crippen molar-refractivity contribution in [1.29, 1.82) is 0 Å². The molecule has 1 heterocycles. The van der Waals surface area contributed by atoms with Gasteiger partial charge in [0.1, 0.15) is 11.3 Å². The van der Waals surface area contributed by atoms with E-state index in [4.69, 9.17) is 19.6 Å². The first kappa shape index (κ1) is 15.6. The van der Waals surface area contributed by atoms with E-state index in [1.165, 1.54) is 0 Å². The highest BCUT2D eigenvalue weighted by atomic mass is 16.5. The van der Waals surface area contributed by atoms with Gasteiger partial charge in [-0.05, 0) is 36.4 Å². The molecule has 1 aromatic heterocycles. The van der Waals surface area contributed by atoms with E-state index in [1.54, 1.807) is 50.6 Å². The fourth-order valence-electron chi connectivity index (χ4n) is 2.32. The number of methoxy groups -OCH3 is 2. The van der Waals surface area contributed by atoms with Gasteiger partial charge >= 0.3 is 0 Å². The van der Waals surface area contributed by atoms with Crippen molar-refractivity contribution in [3.8, 4) is 11.5 Å². The third-order valence-corrected chi connectivity index (χ3v) is 3.53. The topological polar surface area (TPSA) is 87.1 Å². The van der Waals surface area contributed by atoms with Gasteiger partial charge < -0.3 is 19.6 Å². The first-order valence-corrected chi connectivity index (χ1v) is 7.22. The predicted octanol–water partition coefficient (Wildman–Crippen LogP) is 2.78. The Balaban J connectivity index is 2.25. The van der Waals surface area contributed by atoms with Crippen molar-refractivity contribution in [2.45, 2.75) is 0 Å². The molecule has 6 nitrogen and oxygen atoms in total. The summed E-state index contributed by atoms with van der Waals surface area (Å²) in [7, 11) is 3.13. The number of carbonyl (C=O) groups excluding carboxylic acids is 1. The molecule has 0 saturated heterocycles. The number of para-hydroxylation sites is 1. The van der Waals surface area contributed by atoms with Gasteiger partial charge in [-0.25, -0.2) is 4.99 Å². The number of hydrogen-bond donors (Lipinski definition) is 1. The maximum atomic E-state index is 11.8. The molecule has 0 aliphatic rings. The summed E-state index contributed by atoms with van der Waals surface area (Å²) in [6.07, 6.45) is 0. The SMILES string of the molecule is COc1ccc(N=c2oc3c(OC)cccc3cc2C(N)=O)cc1. The van der Waals surface area contributed by atoms with Gasteiger partial charge in [-0.3, -0.25) is 4.79 Å². The number of fused-ring (bicyclic) bond motifs is 1. The van der Waals surface area contributed by atoms with Crippen LogP contribution in [0.1, 0.15) is 10.4 Å². The highest BCUT2D eigenvalue weighted by molar-refractivity contribution is 5.96. The summed E-state index contributed by atoms with van der Waals surface area (Å²) in [5.74, 6) is 0.645. The van der Waals surface area contributed by atoms with Crippen molar-refractivity contribution in [3.63, 3.8) is 0 Å². The molecule has 3 aromatic rings. The fourth-order valence-corrected chi connectivity index (χ4v) is 2.32. The lowest BCUT2D eigenvalue weighted by atomic mass is 10.1. The summed E-state index contributed by atoms with van der Waals surface area (Å²) >= 11 is 0. The van der Waals surface area contributed by atoms with Crippen LogP contribution in [0.15, 0.2) is 57.9 Å². The normalized spacial score (nSPS) is 11.5. The van der Waals surface area contributed by atoms with Crippen LogP contribution in [-0.4, -0.2) is 20.1 Å². The highest BCUT2D eigenvalue weighted by Crippen LogP contribution is 2.25. The minimum atomic E-state index is -0.615. The second-order valence-electron chi connectivity index (χ2n) is 5.02. The molecule has 0 aliphatic heterocycles. The van der Waals surface area contributed by atoms with Crippen LogP contribution in [0.5, 0.6) is 11.5 Å². The highest BCUT2D eigenvalue weighted by Gasteiger charge is 2.12. The molecule has 0 unspecified atom stereocenters. The van der Waals surface area contributed by atoms with E-state index < -0.39 is 5.91 Å². The Hall–Kier alpha value is -3.28. The Morgan fingerprint density at radius 2 is 1.83 bits per heavy atom. The van der Waals surface area contributed by atoms with E-state index in [1.807, 2.05) is 12.1 Å². The van der Waals surface area contributed by atoms with E-state index in [-0.39, 0.29) is 11.1 Å². The Labute approximate surface area is 138 Å². The van der Waals surface area contributed by atoms with Crippen molar-refractivity contribution in [1.82, 2.24) is 0 Å². The third-order valence-electron chi connectivity index (χ3n) is 3.53. The molecule has 6 heteroatoms. The van der Waals surface area contributed by atoms with Gasteiger partial charge in [0.05, 0.1) is 19.9 Å². The van der Waals surface area contributed by atoms with Gasteiger partial charge in [0, 0.05) is 5.39 Å². The van der Waals surface area contributed by atoms with Gasteiger partial charge in [0.25, 0.3) is 5.91 Å². The molecule has 2 N–H and O–H groups in total. The Kier molecular flexibility index (Phi) is 4.20. The zero-order valence-corrected chi connectivity index (χ0v) is 13.3. The van der Waals surface area contributed by atoms with Gasteiger partial charge in [-0.15, -0.1) is 0 Å². The number of ether oxygens (including phenoxy) is 2. The summed E-state index contributed by atoms with van der Waals surface area (Å²) in [4.78, 5) is 16.1. The molecule has 1 amide bonds. The summed E-state index contributed by atoms with van der Waals surface area (Å²) in [6.45, 7) is 0. The number of nitrogens with zero attached hydrogens (tertiary/aromatic N) is 1. The smallest absolute Gasteiger partial charge is 0.254 e. The molecule has 2 aromatic carbocycles. The minimum Gasteiger partial charge on any atom is -0.497 e. The lowest BCUT2D eigenvalue weighted by molar-refractivity contribution is 0.0996. The molecule has 0 radical (unpaired) electrons. The maximum Gasteiger partial charge on any atom is 0.254 e. The summed E-state index contributed by atoms with van der Waals surface area (Å²) in [5, 5.41) is 0.705. The van der Waals surface area contributed by atoms with Crippen LogP contribution < -0.4 is 20.8 Å². The fraction of sp³-hybridized carbons (Fsp3) is 0.111. The molecule has 0 saturated carbocycles. The first-order chi connectivity index (χ1) is 11.6. The maximum absolute atomic E-state index is 11.8. The van der Waals surface area contributed by atoms with Crippen LogP contribution in [0.4, 0.5) is 5.69 Å². The lowest BCUT2D eigenvalue weighted by Gasteiger charge is -2.06. The van der Waals surface area contributed by atoms with E-state index in [0.29, 0.717) is 28.2 Å². The predicted molar refractivity (Wildman–Crippen MR) is 89.5 cm³/mol. The Morgan fingerprint density at radius 1 is 1.08 bits per heavy atom. The molecule has 0 bridgehead atoms. The average molecular weight is 324 g/mol. The number of rotatable bonds is 4. The third kappa shape index (κ3) is 2.94. The summed E-state index contributed by atoms with van der Waals surface area (Å²) in [6, 6.07) is 14.1. The molecule has 24 heavy (non-hydrogen) atoms. The number of amides is 1. The van der Waals surface area contributed by atoms with Crippen LogP contribution in [0.25, 0.3) is 11.0 Å². The number of nitrogens with two attached hydrogens (primary N) is 1. The molecule has 0 atom stereocenters. The van der Waals surface area contributed by atoms with E-state index >= 15 is 0 Å². The number of hydrogen-bond acceptors (Lipinski definition) is 5. The standard InChI is InChI=1S/C18H16N2O4/c1-22-13-8-6-12(7-9-13)20-18-14(17(19)21)10-11-4-3-5-15(23-2)16(11)24-18/h3-10H,1-2H3,(H2,19,21). The zero-order chi connectivity index (χ0) is 17.1. The molecule has 0 spiro atoms.